The molecule has 2 heterocycles. The minimum Gasteiger partial charge on any atom is -0.454 e. The molecule has 0 atom stereocenters. The van der Waals surface area contributed by atoms with Crippen LogP contribution in [0, 0.1) is 0 Å². The third-order valence-electron chi connectivity index (χ3n) is 7.78. The second kappa shape index (κ2) is 9.58. The number of furan rings is 1. The van der Waals surface area contributed by atoms with E-state index in [1.165, 1.54) is 11.1 Å². The van der Waals surface area contributed by atoms with Crippen molar-refractivity contribution in [3.8, 4) is 16.8 Å². The van der Waals surface area contributed by atoms with Gasteiger partial charge in [0.25, 0.3) is 0 Å². The van der Waals surface area contributed by atoms with E-state index in [0.29, 0.717) is 0 Å². The van der Waals surface area contributed by atoms with Gasteiger partial charge in [-0.05, 0) is 77.9 Å². The molecule has 0 saturated heterocycles. The largest absolute Gasteiger partial charge is 0.454 e. The standard InChI is InChI=1S/C38H26N2O/c1-4-12-27(13-5-1)28-20-22-31(23-21-28)39(29-14-6-2-7-15-29)32-24-25-35-34(26-32)38-37(33-18-10-11-19-36(33)41-38)40(35)30-16-8-3-9-17-30/h1-26H. The van der Waals surface area contributed by atoms with Crippen molar-refractivity contribution < 1.29 is 4.42 Å². The highest BCUT2D eigenvalue weighted by Crippen LogP contribution is 2.42. The maximum Gasteiger partial charge on any atom is 0.161 e. The molecule has 8 rings (SSSR count). The number of anilines is 3. The summed E-state index contributed by atoms with van der Waals surface area (Å²) in [6.45, 7) is 0. The fourth-order valence-corrected chi connectivity index (χ4v) is 5.90. The van der Waals surface area contributed by atoms with E-state index in [9.17, 15) is 0 Å². The van der Waals surface area contributed by atoms with Gasteiger partial charge in [-0.15, -0.1) is 0 Å². The number of hydrogen-bond acceptors (Lipinski definition) is 2. The summed E-state index contributed by atoms with van der Waals surface area (Å²) in [5.74, 6) is 0. The lowest BCUT2D eigenvalue weighted by Gasteiger charge is -2.26. The highest BCUT2D eigenvalue weighted by Gasteiger charge is 2.21. The second-order valence-corrected chi connectivity index (χ2v) is 10.2. The average Bonchev–Trinajstić information content (AvgIpc) is 3.58. The van der Waals surface area contributed by atoms with E-state index in [1.54, 1.807) is 0 Å². The summed E-state index contributed by atoms with van der Waals surface area (Å²) in [7, 11) is 0. The smallest absolute Gasteiger partial charge is 0.161 e. The Kier molecular flexibility index (Phi) is 5.46. The van der Waals surface area contributed by atoms with Gasteiger partial charge in [0.1, 0.15) is 11.1 Å². The Bertz CT molecular complexity index is 2120. The van der Waals surface area contributed by atoms with Crippen LogP contribution in [-0.2, 0) is 0 Å². The predicted molar refractivity (Wildman–Crippen MR) is 171 cm³/mol. The van der Waals surface area contributed by atoms with Crippen LogP contribution in [0.2, 0.25) is 0 Å². The van der Waals surface area contributed by atoms with E-state index < -0.39 is 0 Å². The molecule has 41 heavy (non-hydrogen) atoms. The van der Waals surface area contributed by atoms with Gasteiger partial charge < -0.3 is 13.9 Å². The Morgan fingerprint density at radius 1 is 0.463 bits per heavy atom. The molecule has 0 aliphatic rings. The molecule has 3 heteroatoms. The molecular weight excluding hydrogens is 500 g/mol. The number of para-hydroxylation sites is 3. The Hall–Kier alpha value is -5.54. The molecule has 0 N–H and O–H groups in total. The summed E-state index contributed by atoms with van der Waals surface area (Å²) in [6, 6.07) is 55.3. The molecule has 0 spiro atoms. The van der Waals surface area contributed by atoms with E-state index in [-0.39, 0.29) is 0 Å². The minimum absolute atomic E-state index is 0.894. The highest BCUT2D eigenvalue weighted by molar-refractivity contribution is 6.17. The topological polar surface area (TPSA) is 21.3 Å². The van der Waals surface area contributed by atoms with Crippen LogP contribution in [0.25, 0.3) is 49.8 Å². The van der Waals surface area contributed by atoms with E-state index >= 15 is 0 Å². The van der Waals surface area contributed by atoms with Crippen LogP contribution >= 0.6 is 0 Å². The highest BCUT2D eigenvalue weighted by atomic mass is 16.3. The van der Waals surface area contributed by atoms with Crippen molar-refractivity contribution in [2.45, 2.75) is 0 Å². The maximum atomic E-state index is 6.54. The van der Waals surface area contributed by atoms with Crippen molar-refractivity contribution in [1.82, 2.24) is 4.57 Å². The summed E-state index contributed by atoms with van der Waals surface area (Å²) in [5.41, 5.74) is 10.8. The zero-order valence-corrected chi connectivity index (χ0v) is 22.3. The van der Waals surface area contributed by atoms with Crippen LogP contribution in [0.4, 0.5) is 17.1 Å². The summed E-state index contributed by atoms with van der Waals surface area (Å²) in [6.07, 6.45) is 0. The summed E-state index contributed by atoms with van der Waals surface area (Å²) >= 11 is 0. The lowest BCUT2D eigenvalue weighted by Crippen LogP contribution is -2.09. The quantitative estimate of drug-likeness (QED) is 0.222. The molecule has 0 aliphatic carbocycles. The van der Waals surface area contributed by atoms with Crippen LogP contribution < -0.4 is 4.90 Å². The van der Waals surface area contributed by atoms with Gasteiger partial charge in [0.05, 0.1) is 5.52 Å². The van der Waals surface area contributed by atoms with E-state index in [1.807, 2.05) is 12.1 Å². The van der Waals surface area contributed by atoms with Gasteiger partial charge >= 0.3 is 0 Å². The fraction of sp³-hybridized carbons (Fsp3) is 0. The molecule has 0 aliphatic heterocycles. The van der Waals surface area contributed by atoms with Crippen LogP contribution in [0.1, 0.15) is 0 Å². The fourth-order valence-electron chi connectivity index (χ4n) is 5.90. The molecule has 0 radical (unpaired) electrons. The maximum absolute atomic E-state index is 6.54. The van der Waals surface area contributed by atoms with Gasteiger partial charge in [0, 0.05) is 33.5 Å². The van der Waals surface area contributed by atoms with Gasteiger partial charge in [-0.3, -0.25) is 0 Å². The minimum atomic E-state index is 0.894. The van der Waals surface area contributed by atoms with Crippen LogP contribution in [0.15, 0.2) is 162 Å². The summed E-state index contributed by atoms with van der Waals surface area (Å²) in [5, 5.41) is 2.19. The molecule has 8 aromatic rings. The zero-order chi connectivity index (χ0) is 27.2. The lowest BCUT2D eigenvalue weighted by molar-refractivity contribution is 0.673. The number of fused-ring (bicyclic) bond motifs is 5. The van der Waals surface area contributed by atoms with E-state index in [4.69, 9.17) is 4.42 Å². The molecule has 0 unspecified atom stereocenters. The first-order valence-corrected chi connectivity index (χ1v) is 13.9. The Morgan fingerprint density at radius 3 is 1.80 bits per heavy atom. The van der Waals surface area contributed by atoms with Crippen molar-refractivity contribution in [1.29, 1.82) is 0 Å². The van der Waals surface area contributed by atoms with E-state index in [0.717, 1.165) is 55.7 Å². The Morgan fingerprint density at radius 2 is 1.05 bits per heavy atom. The Balaban J connectivity index is 1.35. The van der Waals surface area contributed by atoms with Crippen LogP contribution in [0.3, 0.4) is 0 Å². The normalized spacial score (nSPS) is 11.4. The first kappa shape index (κ1) is 23.4. The third-order valence-corrected chi connectivity index (χ3v) is 7.78. The van der Waals surface area contributed by atoms with Crippen molar-refractivity contribution in [3.63, 3.8) is 0 Å². The summed E-state index contributed by atoms with van der Waals surface area (Å²) in [4.78, 5) is 2.31. The van der Waals surface area contributed by atoms with Crippen LogP contribution in [0.5, 0.6) is 0 Å². The molecule has 0 saturated carbocycles. The van der Waals surface area contributed by atoms with Gasteiger partial charge in [-0.1, -0.05) is 91.0 Å². The van der Waals surface area contributed by atoms with Crippen molar-refractivity contribution in [2.75, 3.05) is 4.90 Å². The number of hydrogen-bond donors (Lipinski definition) is 0. The summed E-state index contributed by atoms with van der Waals surface area (Å²) < 4.78 is 8.86. The molecule has 0 amide bonds. The van der Waals surface area contributed by atoms with Gasteiger partial charge in [0.15, 0.2) is 5.58 Å². The number of aromatic nitrogens is 1. The molecule has 0 bridgehead atoms. The number of benzene rings is 6. The molecular formula is C38H26N2O. The van der Waals surface area contributed by atoms with Crippen molar-refractivity contribution in [2.24, 2.45) is 0 Å². The second-order valence-electron chi connectivity index (χ2n) is 10.2. The third kappa shape index (κ3) is 3.90. The number of rotatable bonds is 5. The average molecular weight is 527 g/mol. The Labute approximate surface area is 238 Å². The molecule has 6 aromatic carbocycles. The van der Waals surface area contributed by atoms with Gasteiger partial charge in [-0.25, -0.2) is 0 Å². The monoisotopic (exact) mass is 526 g/mol. The molecule has 194 valence electrons. The molecule has 2 aromatic heterocycles. The van der Waals surface area contributed by atoms with E-state index in [2.05, 4.69) is 155 Å². The predicted octanol–water partition coefficient (Wildman–Crippen LogP) is 10.7. The molecule has 3 nitrogen and oxygen atoms in total. The van der Waals surface area contributed by atoms with Gasteiger partial charge in [-0.2, -0.15) is 0 Å². The molecule has 0 fully saturated rings. The number of nitrogens with zero attached hydrogens (tertiary/aromatic N) is 2. The zero-order valence-electron chi connectivity index (χ0n) is 22.3. The first-order chi connectivity index (χ1) is 20.3. The first-order valence-electron chi connectivity index (χ1n) is 13.9. The lowest BCUT2D eigenvalue weighted by atomic mass is 10.0. The van der Waals surface area contributed by atoms with Crippen molar-refractivity contribution in [3.05, 3.63) is 158 Å². The van der Waals surface area contributed by atoms with Crippen molar-refractivity contribution >= 4 is 50.0 Å². The SMILES string of the molecule is c1ccc(-c2ccc(N(c3ccccc3)c3ccc4c(c3)c3oc5ccccc5c3n4-c3ccccc3)cc2)cc1. The van der Waals surface area contributed by atoms with Crippen LogP contribution in [-0.4, -0.2) is 4.57 Å². The van der Waals surface area contributed by atoms with Gasteiger partial charge in [0.2, 0.25) is 0 Å².